The Morgan fingerprint density at radius 1 is 0.797 bits per heavy atom. The summed E-state index contributed by atoms with van der Waals surface area (Å²) in [6, 6.07) is 52.0. The van der Waals surface area contributed by atoms with E-state index < -0.39 is 6.10 Å². The average Bonchev–Trinajstić information content (AvgIpc) is 3.34. The van der Waals surface area contributed by atoms with Crippen LogP contribution < -0.4 is 14.5 Å². The number of rotatable bonds is 13. The van der Waals surface area contributed by atoms with Crippen LogP contribution >= 0.6 is 23.7 Å². The second-order valence-electron chi connectivity index (χ2n) is 16.9. The fourth-order valence-electron chi connectivity index (χ4n) is 10.3. The Kier molecular flexibility index (Phi) is 11.6. The van der Waals surface area contributed by atoms with Gasteiger partial charge in [0.2, 0.25) is 0 Å². The predicted octanol–water partition coefficient (Wildman–Crippen LogP) is 12.3. The summed E-state index contributed by atoms with van der Waals surface area (Å²) in [6.45, 7) is 6.85. The summed E-state index contributed by atoms with van der Waals surface area (Å²) in [7, 11) is 0. The minimum absolute atomic E-state index is 0.0920. The summed E-state index contributed by atoms with van der Waals surface area (Å²) in [5, 5.41) is 14.3. The number of hydrogen-bond acceptors (Lipinski definition) is 7. The number of piperidine rings is 3. The second-order valence-corrected chi connectivity index (χ2v) is 17.4. The first-order chi connectivity index (χ1) is 31.4. The molecule has 0 N–H and O–H groups in total. The Morgan fingerprint density at radius 3 is 2.05 bits per heavy atom. The molecule has 3 aliphatic heterocycles. The molecule has 5 heterocycles. The van der Waals surface area contributed by atoms with Crippen molar-refractivity contribution < 1.29 is 19.0 Å². The third-order valence-corrected chi connectivity index (χ3v) is 13.6. The van der Waals surface area contributed by atoms with Gasteiger partial charge < -0.3 is 5.11 Å². The van der Waals surface area contributed by atoms with Gasteiger partial charge in [-0.3, -0.25) is 4.98 Å². The van der Waals surface area contributed by atoms with Gasteiger partial charge >= 0.3 is 259 Å². The van der Waals surface area contributed by atoms with E-state index in [4.69, 9.17) is 48.0 Å². The molecule has 3 saturated heterocycles. The summed E-state index contributed by atoms with van der Waals surface area (Å²) in [5.74, 6) is 2.14. The molecule has 314 valence electrons. The van der Waals surface area contributed by atoms with Crippen molar-refractivity contribution in [2.24, 2.45) is 11.8 Å². The molecule has 2 aromatic heterocycles. The van der Waals surface area contributed by atoms with E-state index in [1.807, 2.05) is 109 Å². The van der Waals surface area contributed by atoms with Crippen LogP contribution in [0.4, 0.5) is 0 Å². The Labute approximate surface area is 384 Å². The molecule has 0 radical (unpaired) electrons. The number of aromatic nitrogens is 3. The fraction of sp³-hybridized carbons (Fsp3) is 0.167. The molecule has 11 rings (SSSR count). The van der Waals surface area contributed by atoms with Gasteiger partial charge in [-0.2, -0.15) is 0 Å². The molecule has 6 aromatic carbocycles. The molecule has 3 aliphatic rings. The quantitative estimate of drug-likeness (QED) is 0.0494. The third kappa shape index (κ3) is 8.00. The van der Waals surface area contributed by atoms with Gasteiger partial charge in [0.15, 0.2) is 5.82 Å². The van der Waals surface area contributed by atoms with Gasteiger partial charge in [0.05, 0.1) is 0 Å². The fourth-order valence-corrected chi connectivity index (χ4v) is 10.6. The molecule has 2 bridgehead atoms. The molecule has 7 nitrogen and oxygen atoms in total. The number of benzene rings is 6. The number of pyridine rings is 1. The van der Waals surface area contributed by atoms with E-state index in [1.54, 1.807) is 18.2 Å². The molecule has 0 amide bonds. The van der Waals surface area contributed by atoms with Gasteiger partial charge in [0.1, 0.15) is 5.15 Å². The Balaban J connectivity index is 1.19. The number of nitrogens with zero attached hydrogens (tertiary/aromatic N) is 4. The Hall–Kier alpha value is -6.52. The van der Waals surface area contributed by atoms with Crippen LogP contribution in [0.3, 0.4) is 0 Å². The van der Waals surface area contributed by atoms with Crippen molar-refractivity contribution >= 4 is 40.9 Å². The van der Waals surface area contributed by atoms with Crippen molar-refractivity contribution in [1.82, 2.24) is 15.0 Å². The predicted molar refractivity (Wildman–Crippen MR) is 258 cm³/mol. The number of hydrogen-bond donors (Lipinski definition) is 0. The maximum absolute atomic E-state index is 13.2. The Bertz CT molecular complexity index is 2920. The number of ether oxygens (including phenoxy) is 1. The summed E-state index contributed by atoms with van der Waals surface area (Å²) in [5.41, 5.74) is 9.02. The molecular formula is C54H44BClN4O3S. The van der Waals surface area contributed by atoms with E-state index in [0.717, 1.165) is 87.1 Å². The standard InChI is InChI=1S/C54H44BClN4O3S/c1-2-36-34-60(33-35-29-44(37-15-7-3-8-16-37)50(63-55-64)45(30-35)38-17-9-4-10-18-38)28-26-41(36)31-48(60)51(43-25-27-57-47-24-23-42(61)32-46(43)47)62-54-49(39-19-11-5-12-20-39)52(56)58-53(59-54)40-21-13-6-14-22-40/h2-25,27,29-30,32,36,41,48,51H,1,26,28,31,33-34H2/t36?,41?,48?,51-,60?/m0/s1. The minimum atomic E-state index is -0.586. The Morgan fingerprint density at radius 2 is 1.42 bits per heavy atom. The first kappa shape index (κ1) is 41.5. The normalized spacial score (nSPS) is 19.4. The zero-order valence-electron chi connectivity index (χ0n) is 35.1. The zero-order chi connectivity index (χ0) is 43.6. The van der Waals surface area contributed by atoms with Crippen LogP contribution in [0.2, 0.25) is 5.15 Å². The molecule has 5 atom stereocenters. The molecule has 0 saturated carbocycles. The van der Waals surface area contributed by atoms with Crippen molar-refractivity contribution in [2.45, 2.75) is 31.5 Å². The van der Waals surface area contributed by atoms with E-state index in [2.05, 4.69) is 49.1 Å². The molecule has 8 aromatic rings. The van der Waals surface area contributed by atoms with Crippen molar-refractivity contribution in [2.75, 3.05) is 13.1 Å². The van der Waals surface area contributed by atoms with Crippen LogP contribution in [0.1, 0.15) is 30.1 Å². The first-order valence-electron chi connectivity index (χ1n) is 21.7. The van der Waals surface area contributed by atoms with E-state index in [1.165, 1.54) is 6.36 Å². The SMILES string of the molecule is C=CC1C[N+]2(Cc3cc(-c4ccccc4)c(OB=S)c(-c4ccccc4)c3)CCC1CC2[C@@H](Oc1nc(-c2ccccc2)nc(Cl)c1-c1ccccc1)c1ccnc2ccc([O-])cc12. The molecule has 0 aliphatic carbocycles. The van der Waals surface area contributed by atoms with E-state index in [0.29, 0.717) is 40.1 Å². The van der Waals surface area contributed by atoms with Gasteiger partial charge in [-0.1, -0.05) is 78.3 Å². The molecule has 10 heteroatoms. The topological polar surface area (TPSA) is 80.2 Å². The van der Waals surface area contributed by atoms with E-state index in [-0.39, 0.29) is 16.9 Å². The van der Waals surface area contributed by atoms with Crippen molar-refractivity contribution in [3.63, 3.8) is 0 Å². The van der Waals surface area contributed by atoms with Crippen LogP contribution in [-0.4, -0.2) is 44.9 Å². The summed E-state index contributed by atoms with van der Waals surface area (Å²) >= 11 is 12.6. The second kappa shape index (κ2) is 17.9. The van der Waals surface area contributed by atoms with Crippen LogP contribution in [0.25, 0.3) is 55.7 Å². The van der Waals surface area contributed by atoms with E-state index >= 15 is 0 Å². The number of fused-ring (bicyclic) bond motifs is 4. The van der Waals surface area contributed by atoms with Crippen LogP contribution in [-0.2, 0) is 6.54 Å². The van der Waals surface area contributed by atoms with Crippen LogP contribution in [0.15, 0.2) is 177 Å². The molecule has 3 fully saturated rings. The maximum atomic E-state index is 13.2. The zero-order valence-corrected chi connectivity index (χ0v) is 36.7. The van der Waals surface area contributed by atoms with Gasteiger partial charge in [0.25, 0.3) is 0 Å². The van der Waals surface area contributed by atoms with Gasteiger partial charge in [-0.15, -0.1) is 5.75 Å². The molecular weight excluding hydrogens is 831 g/mol. The number of quaternary nitrogens is 1. The summed E-state index contributed by atoms with van der Waals surface area (Å²) in [4.78, 5) is 14.8. The summed E-state index contributed by atoms with van der Waals surface area (Å²) in [6.07, 6.45) is 6.63. The van der Waals surface area contributed by atoms with Crippen LogP contribution in [0, 0.1) is 11.8 Å². The first-order valence-corrected chi connectivity index (χ1v) is 22.5. The van der Waals surface area contributed by atoms with Crippen LogP contribution in [0.5, 0.6) is 17.4 Å². The van der Waals surface area contributed by atoms with Gasteiger partial charge in [-0.05, 0) is 11.6 Å². The number of halogens is 1. The van der Waals surface area contributed by atoms with Gasteiger partial charge in [-0.25, -0.2) is 4.98 Å². The molecule has 0 spiro atoms. The monoisotopic (exact) mass is 874 g/mol. The average molecular weight is 875 g/mol. The van der Waals surface area contributed by atoms with Crippen molar-refractivity contribution in [1.29, 1.82) is 0 Å². The third-order valence-electron chi connectivity index (χ3n) is 13.2. The molecule has 4 unspecified atom stereocenters. The van der Waals surface area contributed by atoms with E-state index in [9.17, 15) is 5.11 Å². The molecule has 64 heavy (non-hydrogen) atoms. The van der Waals surface area contributed by atoms with Crippen molar-refractivity contribution in [3.8, 4) is 62.1 Å². The summed E-state index contributed by atoms with van der Waals surface area (Å²) < 4.78 is 14.5. The van der Waals surface area contributed by atoms with Crippen molar-refractivity contribution in [3.05, 3.63) is 193 Å². The van der Waals surface area contributed by atoms with Gasteiger partial charge in [0, 0.05) is 5.56 Å².